The fourth-order valence-electron chi connectivity index (χ4n) is 4.71. The number of halogens is 1. The minimum Gasteiger partial charge on any atom is -0.469 e. The highest BCUT2D eigenvalue weighted by atomic mass is 127. The lowest BCUT2D eigenvalue weighted by atomic mass is 9.89. The van der Waals surface area contributed by atoms with Gasteiger partial charge >= 0.3 is 0 Å². The SMILES string of the molecule is I.c1coc(CCNC(=NCC2CCCCC2)NC2CCOC3(CCSC3)C2)c1. The third-order valence-electron chi connectivity index (χ3n) is 6.38. The first kappa shape index (κ1) is 23.3. The van der Waals surface area contributed by atoms with E-state index in [1.54, 1.807) is 6.26 Å². The smallest absolute Gasteiger partial charge is 0.191 e. The van der Waals surface area contributed by atoms with Crippen LogP contribution in [0, 0.1) is 5.92 Å². The van der Waals surface area contributed by atoms with E-state index < -0.39 is 0 Å². The second-order valence-corrected chi connectivity index (χ2v) is 9.72. The second kappa shape index (κ2) is 11.8. The largest absolute Gasteiger partial charge is 0.469 e. The number of ether oxygens (including phenoxy) is 1. The quantitative estimate of drug-likeness (QED) is 0.318. The maximum atomic E-state index is 6.19. The van der Waals surface area contributed by atoms with Gasteiger partial charge in [-0.2, -0.15) is 11.8 Å². The molecular formula is C22H36IN3O2S. The standard InChI is InChI=1S/C22H35N3O2S.HI/c1-2-5-18(6-3-1)16-24-21(23-11-8-20-7-4-12-26-20)25-19-9-13-27-22(15-19)10-14-28-17-22;/h4,7,12,18-19H,1-3,5-6,8-11,13-17H2,(H2,23,24,25);1H. The molecule has 0 bridgehead atoms. The number of thioether (sulfide) groups is 1. The number of rotatable bonds is 6. The van der Waals surface area contributed by atoms with E-state index in [9.17, 15) is 0 Å². The summed E-state index contributed by atoms with van der Waals surface area (Å²) in [6.07, 6.45) is 12.8. The summed E-state index contributed by atoms with van der Waals surface area (Å²) in [5.74, 6) is 5.13. The van der Waals surface area contributed by atoms with Gasteiger partial charge in [-0.05, 0) is 55.9 Å². The van der Waals surface area contributed by atoms with E-state index in [0.717, 1.165) is 62.3 Å². The highest BCUT2D eigenvalue weighted by Crippen LogP contribution is 2.38. The molecule has 29 heavy (non-hydrogen) atoms. The monoisotopic (exact) mass is 533 g/mol. The van der Waals surface area contributed by atoms with Crippen LogP contribution >= 0.6 is 35.7 Å². The molecule has 3 fully saturated rings. The number of hydrogen-bond acceptors (Lipinski definition) is 4. The van der Waals surface area contributed by atoms with E-state index in [1.807, 2.05) is 23.9 Å². The fourth-order valence-corrected chi connectivity index (χ4v) is 6.09. The van der Waals surface area contributed by atoms with Crippen molar-refractivity contribution in [2.24, 2.45) is 10.9 Å². The predicted molar refractivity (Wildman–Crippen MR) is 131 cm³/mol. The number of hydrogen-bond donors (Lipinski definition) is 2. The molecule has 1 aromatic heterocycles. The summed E-state index contributed by atoms with van der Waals surface area (Å²) in [6, 6.07) is 4.44. The summed E-state index contributed by atoms with van der Waals surface area (Å²) in [6.45, 7) is 2.65. The van der Waals surface area contributed by atoms with Gasteiger partial charge in [0.05, 0.1) is 11.9 Å². The van der Waals surface area contributed by atoms with Crippen molar-refractivity contribution in [1.82, 2.24) is 10.6 Å². The Morgan fingerprint density at radius 2 is 2.14 bits per heavy atom. The van der Waals surface area contributed by atoms with Gasteiger partial charge in [0, 0.05) is 37.9 Å². The first-order valence-electron chi connectivity index (χ1n) is 11.1. The van der Waals surface area contributed by atoms with Gasteiger partial charge in [0.15, 0.2) is 5.96 Å². The van der Waals surface area contributed by atoms with Crippen LogP contribution in [0.25, 0.3) is 0 Å². The van der Waals surface area contributed by atoms with Crippen molar-refractivity contribution in [1.29, 1.82) is 0 Å². The average Bonchev–Trinajstić information content (AvgIpc) is 3.39. The van der Waals surface area contributed by atoms with E-state index >= 15 is 0 Å². The summed E-state index contributed by atoms with van der Waals surface area (Å²) in [4.78, 5) is 4.99. The Balaban J connectivity index is 0.00000240. The maximum Gasteiger partial charge on any atom is 0.191 e. The summed E-state index contributed by atoms with van der Waals surface area (Å²) in [7, 11) is 0. The zero-order valence-electron chi connectivity index (χ0n) is 17.4. The van der Waals surface area contributed by atoms with E-state index in [2.05, 4.69) is 10.6 Å². The molecule has 164 valence electrons. The Bertz CT molecular complexity index is 614. The lowest BCUT2D eigenvalue weighted by Crippen LogP contribution is -2.52. The van der Waals surface area contributed by atoms with Crippen LogP contribution < -0.4 is 10.6 Å². The van der Waals surface area contributed by atoms with Gasteiger partial charge in [0.1, 0.15) is 5.76 Å². The summed E-state index contributed by atoms with van der Waals surface area (Å²) in [5.41, 5.74) is 0.100. The molecule has 3 aliphatic rings. The van der Waals surface area contributed by atoms with Gasteiger partial charge in [0.25, 0.3) is 0 Å². The summed E-state index contributed by atoms with van der Waals surface area (Å²) < 4.78 is 11.7. The van der Waals surface area contributed by atoms with Gasteiger partial charge in [-0.1, -0.05) is 19.3 Å². The third-order valence-corrected chi connectivity index (χ3v) is 7.60. The Morgan fingerprint density at radius 1 is 1.24 bits per heavy atom. The van der Waals surface area contributed by atoms with Gasteiger partial charge in [0.2, 0.25) is 0 Å². The number of guanidine groups is 1. The number of aliphatic imine (C=N–C) groups is 1. The molecule has 1 aromatic rings. The van der Waals surface area contributed by atoms with E-state index in [-0.39, 0.29) is 29.6 Å². The molecular weight excluding hydrogens is 497 g/mol. The normalized spacial score (nSPS) is 28.3. The van der Waals surface area contributed by atoms with Gasteiger partial charge in [-0.25, -0.2) is 0 Å². The second-order valence-electron chi connectivity index (χ2n) is 8.62. The maximum absolute atomic E-state index is 6.19. The molecule has 1 aliphatic carbocycles. The topological polar surface area (TPSA) is 58.8 Å². The van der Waals surface area contributed by atoms with Crippen molar-refractivity contribution in [3.63, 3.8) is 0 Å². The zero-order valence-corrected chi connectivity index (χ0v) is 20.5. The highest BCUT2D eigenvalue weighted by Gasteiger charge is 2.40. The molecule has 3 heterocycles. The Kier molecular flexibility index (Phi) is 9.50. The molecule has 0 amide bonds. The molecule has 0 radical (unpaired) electrons. The van der Waals surface area contributed by atoms with Crippen molar-refractivity contribution in [3.05, 3.63) is 24.2 Å². The molecule has 0 aromatic carbocycles. The number of furan rings is 1. The molecule has 7 heteroatoms. The first-order chi connectivity index (χ1) is 13.8. The third kappa shape index (κ3) is 7.06. The molecule has 1 spiro atoms. The molecule has 2 unspecified atom stereocenters. The summed E-state index contributed by atoms with van der Waals surface area (Å²) in [5, 5.41) is 7.30. The van der Waals surface area contributed by atoms with Crippen LogP contribution in [0.1, 0.15) is 57.1 Å². The van der Waals surface area contributed by atoms with E-state index in [4.69, 9.17) is 14.1 Å². The molecule has 2 atom stereocenters. The minimum atomic E-state index is 0. The van der Waals surface area contributed by atoms with E-state index in [0.29, 0.717) is 6.04 Å². The van der Waals surface area contributed by atoms with Crippen molar-refractivity contribution >= 4 is 41.7 Å². The van der Waals surface area contributed by atoms with Crippen LogP contribution in [-0.4, -0.2) is 48.8 Å². The van der Waals surface area contributed by atoms with Crippen molar-refractivity contribution < 1.29 is 9.15 Å². The lowest BCUT2D eigenvalue weighted by Gasteiger charge is -2.38. The van der Waals surface area contributed by atoms with Crippen LogP contribution in [0.5, 0.6) is 0 Å². The van der Waals surface area contributed by atoms with Crippen molar-refractivity contribution in [2.75, 3.05) is 31.2 Å². The van der Waals surface area contributed by atoms with E-state index in [1.165, 1.54) is 44.3 Å². The van der Waals surface area contributed by atoms with Crippen LogP contribution in [0.3, 0.4) is 0 Å². The van der Waals surface area contributed by atoms with Gasteiger partial charge < -0.3 is 19.8 Å². The minimum absolute atomic E-state index is 0. The average molecular weight is 534 g/mol. The Morgan fingerprint density at radius 3 is 2.90 bits per heavy atom. The molecule has 4 rings (SSSR count). The first-order valence-corrected chi connectivity index (χ1v) is 12.3. The fraction of sp³-hybridized carbons (Fsp3) is 0.773. The summed E-state index contributed by atoms with van der Waals surface area (Å²) >= 11 is 2.03. The number of nitrogens with zero attached hydrogens (tertiary/aromatic N) is 1. The Hall–Kier alpha value is -0.410. The van der Waals surface area contributed by atoms with Crippen molar-refractivity contribution in [3.8, 4) is 0 Å². The molecule has 2 N–H and O–H groups in total. The van der Waals surface area contributed by atoms with Gasteiger partial charge in [-0.15, -0.1) is 24.0 Å². The predicted octanol–water partition coefficient (Wildman–Crippen LogP) is 4.61. The van der Waals surface area contributed by atoms with Crippen LogP contribution in [0.4, 0.5) is 0 Å². The van der Waals surface area contributed by atoms with Crippen molar-refractivity contribution in [2.45, 2.75) is 69.4 Å². The van der Waals surface area contributed by atoms with Gasteiger partial charge in [-0.3, -0.25) is 4.99 Å². The molecule has 1 saturated carbocycles. The Labute approximate surface area is 196 Å². The lowest BCUT2D eigenvalue weighted by molar-refractivity contribution is -0.0679. The zero-order chi connectivity index (χ0) is 19.1. The molecule has 5 nitrogen and oxygen atoms in total. The van der Waals surface area contributed by atoms with Crippen LogP contribution in [0.2, 0.25) is 0 Å². The molecule has 2 saturated heterocycles. The van der Waals surface area contributed by atoms with Crippen LogP contribution in [-0.2, 0) is 11.2 Å². The van der Waals surface area contributed by atoms with Crippen LogP contribution in [0.15, 0.2) is 27.8 Å². The highest BCUT2D eigenvalue weighted by molar-refractivity contribution is 14.0. The molecule has 2 aliphatic heterocycles. The number of nitrogens with one attached hydrogen (secondary N) is 2.